The Bertz CT molecular complexity index is 1810. The van der Waals surface area contributed by atoms with Gasteiger partial charge < -0.3 is 19.6 Å². The summed E-state index contributed by atoms with van der Waals surface area (Å²) >= 11 is 1.22. The zero-order chi connectivity index (χ0) is 28.0. The number of hydrogen-bond donors (Lipinski definition) is 2. The van der Waals surface area contributed by atoms with E-state index in [-0.39, 0.29) is 11.5 Å². The first-order chi connectivity index (χ1) is 19.4. The van der Waals surface area contributed by atoms with Crippen LogP contribution in [0.3, 0.4) is 0 Å². The Labute approximate surface area is 233 Å². The Hall–Kier alpha value is -4.96. The third kappa shape index (κ3) is 4.18. The number of imidazole rings is 1. The number of carbonyl (C=O) groups is 2. The van der Waals surface area contributed by atoms with Crippen LogP contribution >= 0.6 is 11.3 Å². The Morgan fingerprint density at radius 3 is 2.48 bits per heavy atom. The lowest BCUT2D eigenvalue weighted by molar-refractivity contribution is -0.117. The van der Waals surface area contributed by atoms with Crippen LogP contribution in [0.1, 0.15) is 27.0 Å². The first-order valence-corrected chi connectivity index (χ1v) is 13.2. The van der Waals surface area contributed by atoms with E-state index in [1.54, 1.807) is 56.5 Å². The average Bonchev–Trinajstić information content (AvgIpc) is 3.66. The van der Waals surface area contributed by atoms with Gasteiger partial charge in [-0.2, -0.15) is 0 Å². The molecular weight excluding hydrogens is 528 g/mol. The maximum atomic E-state index is 14.1. The van der Waals surface area contributed by atoms with Crippen molar-refractivity contribution in [2.75, 3.05) is 19.1 Å². The summed E-state index contributed by atoms with van der Waals surface area (Å²) in [6, 6.07) is 20.9. The summed E-state index contributed by atoms with van der Waals surface area (Å²) in [7, 11) is 3.10. The van der Waals surface area contributed by atoms with Gasteiger partial charge in [-0.25, -0.2) is 9.97 Å². The number of methoxy groups -OCH3 is 2. The number of aromatic amines is 1. The Morgan fingerprint density at radius 2 is 1.73 bits per heavy atom. The van der Waals surface area contributed by atoms with Gasteiger partial charge in [0.2, 0.25) is 11.7 Å². The Morgan fingerprint density at radius 1 is 0.975 bits per heavy atom. The van der Waals surface area contributed by atoms with E-state index in [9.17, 15) is 14.7 Å². The van der Waals surface area contributed by atoms with E-state index in [2.05, 4.69) is 15.0 Å². The fourth-order valence-electron chi connectivity index (χ4n) is 4.83. The third-order valence-electron chi connectivity index (χ3n) is 6.79. The molecular formula is C30H24N4O5S. The molecule has 0 fully saturated rings. The fourth-order valence-corrected chi connectivity index (χ4v) is 5.86. The number of aryl methyl sites for hydroxylation is 1. The maximum Gasteiger partial charge on any atom is 0.296 e. The van der Waals surface area contributed by atoms with Gasteiger partial charge in [0.05, 0.1) is 47.4 Å². The molecule has 1 amide bonds. The van der Waals surface area contributed by atoms with Crippen molar-refractivity contribution in [2.45, 2.75) is 13.0 Å². The van der Waals surface area contributed by atoms with Crippen molar-refractivity contribution in [1.82, 2.24) is 15.0 Å². The van der Waals surface area contributed by atoms with Gasteiger partial charge in [0.15, 0.2) is 5.76 Å². The number of anilines is 1. The van der Waals surface area contributed by atoms with Gasteiger partial charge in [-0.15, -0.1) is 11.3 Å². The molecule has 1 aliphatic heterocycles. The highest BCUT2D eigenvalue weighted by molar-refractivity contribution is 7.17. The van der Waals surface area contributed by atoms with Crippen LogP contribution in [0.4, 0.5) is 5.95 Å². The molecule has 2 N–H and O–H groups in total. The molecule has 0 bridgehead atoms. The zero-order valence-electron chi connectivity index (χ0n) is 21.8. The van der Waals surface area contributed by atoms with E-state index in [1.165, 1.54) is 23.3 Å². The number of benzene rings is 3. The molecule has 0 saturated carbocycles. The number of thiazole rings is 1. The lowest BCUT2D eigenvalue weighted by Gasteiger charge is -2.24. The summed E-state index contributed by atoms with van der Waals surface area (Å²) in [5.41, 5.74) is 3.14. The summed E-state index contributed by atoms with van der Waals surface area (Å²) in [4.78, 5) is 41.8. The zero-order valence-corrected chi connectivity index (χ0v) is 22.7. The number of nitrogens with zero attached hydrogens (tertiary/aromatic N) is 3. The van der Waals surface area contributed by atoms with Crippen LogP contribution < -0.4 is 14.4 Å². The predicted octanol–water partition coefficient (Wildman–Crippen LogP) is 5.79. The number of aliphatic hydroxyl groups is 1. The molecule has 0 spiro atoms. The van der Waals surface area contributed by atoms with Crippen LogP contribution in [-0.2, 0) is 4.79 Å². The summed E-state index contributed by atoms with van der Waals surface area (Å²) in [6.07, 6.45) is 0. The molecule has 6 rings (SSSR count). The molecule has 1 unspecified atom stereocenters. The molecule has 9 nitrogen and oxygen atoms in total. The minimum Gasteiger partial charge on any atom is -0.503 e. The molecule has 1 aliphatic rings. The van der Waals surface area contributed by atoms with Crippen LogP contribution in [0.15, 0.2) is 84.1 Å². The number of fused-ring (bicyclic) bond motifs is 1. The molecule has 3 heterocycles. The smallest absolute Gasteiger partial charge is 0.296 e. The number of ketones is 1. The molecule has 10 heteroatoms. The van der Waals surface area contributed by atoms with Gasteiger partial charge in [0.1, 0.15) is 16.5 Å². The molecule has 40 heavy (non-hydrogen) atoms. The average molecular weight is 553 g/mol. The van der Waals surface area contributed by atoms with Crippen molar-refractivity contribution < 1.29 is 24.2 Å². The SMILES string of the molecule is COc1cccc(C2C(C(=O)c3sc(-c4ccccc4)nc3C)=C(O)C(=O)N2c2nc3ccc(OC)cc3[nH]2)c1. The fraction of sp³-hybridized carbons (Fsp3) is 0.133. The second kappa shape index (κ2) is 9.97. The number of amides is 1. The van der Waals surface area contributed by atoms with E-state index >= 15 is 0 Å². The quantitative estimate of drug-likeness (QED) is 0.245. The first kappa shape index (κ1) is 25.3. The lowest BCUT2D eigenvalue weighted by atomic mass is 9.95. The van der Waals surface area contributed by atoms with Gasteiger partial charge in [0, 0.05) is 11.6 Å². The van der Waals surface area contributed by atoms with Crippen molar-refractivity contribution in [3.05, 3.63) is 100 Å². The van der Waals surface area contributed by atoms with Crippen LogP contribution in [0.2, 0.25) is 0 Å². The minimum atomic E-state index is -0.973. The van der Waals surface area contributed by atoms with E-state index in [1.807, 2.05) is 30.3 Å². The Balaban J connectivity index is 1.49. The van der Waals surface area contributed by atoms with Gasteiger partial charge >= 0.3 is 0 Å². The molecule has 0 aliphatic carbocycles. The molecule has 0 saturated heterocycles. The second-order valence-corrected chi connectivity index (χ2v) is 10.2. The normalized spacial score (nSPS) is 15.2. The number of hydrogen-bond acceptors (Lipinski definition) is 8. The number of ether oxygens (including phenoxy) is 2. The lowest BCUT2D eigenvalue weighted by Crippen LogP contribution is -2.32. The number of aliphatic hydroxyl groups excluding tert-OH is 1. The van der Waals surface area contributed by atoms with Crippen LogP contribution in [0.5, 0.6) is 11.5 Å². The number of rotatable bonds is 7. The Kier molecular flexibility index (Phi) is 6.31. The van der Waals surface area contributed by atoms with Gasteiger partial charge in [0.25, 0.3) is 5.91 Å². The predicted molar refractivity (Wildman–Crippen MR) is 152 cm³/mol. The third-order valence-corrected chi connectivity index (χ3v) is 8.00. The number of carbonyl (C=O) groups excluding carboxylic acids is 2. The summed E-state index contributed by atoms with van der Waals surface area (Å²) in [6.45, 7) is 1.75. The van der Waals surface area contributed by atoms with Gasteiger partial charge in [-0.1, -0.05) is 42.5 Å². The van der Waals surface area contributed by atoms with Crippen molar-refractivity contribution in [3.8, 4) is 22.1 Å². The molecule has 0 radical (unpaired) electrons. The number of aromatic nitrogens is 3. The van der Waals surface area contributed by atoms with E-state index in [0.717, 1.165) is 5.56 Å². The number of Topliss-reactive ketones (excluding diaryl/α,β-unsaturated/α-hetero) is 1. The van der Waals surface area contributed by atoms with E-state index in [4.69, 9.17) is 9.47 Å². The van der Waals surface area contributed by atoms with Crippen molar-refractivity contribution in [2.24, 2.45) is 0 Å². The monoisotopic (exact) mass is 552 g/mol. The summed E-state index contributed by atoms with van der Waals surface area (Å²) in [5.74, 6) is -0.514. The topological polar surface area (TPSA) is 118 Å². The van der Waals surface area contributed by atoms with Crippen molar-refractivity contribution in [1.29, 1.82) is 0 Å². The van der Waals surface area contributed by atoms with Crippen LogP contribution in [0, 0.1) is 6.92 Å². The highest BCUT2D eigenvalue weighted by Crippen LogP contribution is 2.43. The highest BCUT2D eigenvalue weighted by Gasteiger charge is 2.46. The minimum absolute atomic E-state index is 0.0531. The molecule has 200 valence electrons. The van der Waals surface area contributed by atoms with Crippen LogP contribution in [-0.4, -0.2) is 46.0 Å². The summed E-state index contributed by atoms with van der Waals surface area (Å²) < 4.78 is 10.7. The maximum absolute atomic E-state index is 14.1. The van der Waals surface area contributed by atoms with Gasteiger partial charge in [-0.05, 0) is 36.8 Å². The number of H-pyrrole nitrogens is 1. The van der Waals surface area contributed by atoms with Crippen molar-refractivity contribution in [3.63, 3.8) is 0 Å². The second-order valence-electron chi connectivity index (χ2n) is 9.19. The molecule has 5 aromatic rings. The molecule has 2 aromatic heterocycles. The number of nitrogens with one attached hydrogen (secondary N) is 1. The first-order valence-electron chi connectivity index (χ1n) is 12.4. The molecule has 1 atom stereocenters. The highest BCUT2D eigenvalue weighted by atomic mass is 32.1. The molecule has 3 aromatic carbocycles. The van der Waals surface area contributed by atoms with E-state index in [0.29, 0.717) is 43.7 Å². The summed E-state index contributed by atoms with van der Waals surface area (Å²) in [5, 5.41) is 11.9. The largest absolute Gasteiger partial charge is 0.503 e. The van der Waals surface area contributed by atoms with E-state index < -0.39 is 23.5 Å². The standard InChI is InChI=1S/C30H24N4O5S/c1-16-27(40-28(31-16)17-8-5-4-6-9-17)25(35)23-24(18-10-7-11-19(14-18)38-2)34(29(37)26(23)36)30-32-21-13-12-20(39-3)15-22(21)33-30/h4-15,24,36H,1-3H3,(H,32,33). The van der Waals surface area contributed by atoms with Crippen molar-refractivity contribution >= 4 is 40.0 Å². The van der Waals surface area contributed by atoms with Gasteiger partial charge in [-0.3, -0.25) is 14.5 Å². The van der Waals surface area contributed by atoms with Crippen LogP contribution in [0.25, 0.3) is 21.6 Å².